The van der Waals surface area contributed by atoms with Gasteiger partial charge in [0.2, 0.25) is 16.4 Å². The van der Waals surface area contributed by atoms with Crippen molar-refractivity contribution in [3.63, 3.8) is 0 Å². The van der Waals surface area contributed by atoms with Gasteiger partial charge in [-0.15, -0.1) is 5.10 Å². The number of amides is 1. The van der Waals surface area contributed by atoms with Crippen molar-refractivity contribution in [1.29, 1.82) is 0 Å². The standard InChI is InChI=1S/C22H18Br2ClF3N6O2/c23-19-30-20-33(9-15(35)29-14-2-1-10(7-13(14)25)22(26,27)28)17-11-8-12(11)21(3-5-32(24)6-4-21)16(17)18(36)34(20)31-19/h1-2,7,11-12H,3-6,8-9H2,(H,29,35)/t11-,12+/m1/s1. The molecule has 0 radical (unpaired) electrons. The van der Waals surface area contributed by atoms with Crippen molar-refractivity contribution >= 4 is 61.1 Å². The molecule has 36 heavy (non-hydrogen) atoms. The lowest BCUT2D eigenvalue weighted by molar-refractivity contribution is -0.137. The molecule has 14 heteroatoms. The zero-order valence-electron chi connectivity index (χ0n) is 18.4. The largest absolute Gasteiger partial charge is 0.416 e. The molecule has 1 aromatic carbocycles. The van der Waals surface area contributed by atoms with E-state index in [0.717, 1.165) is 56.2 Å². The first-order valence-corrected chi connectivity index (χ1v) is 13.1. The van der Waals surface area contributed by atoms with Crippen LogP contribution in [0.1, 0.15) is 42.0 Å². The fraction of sp³-hybridized carbons (Fsp3) is 0.455. The summed E-state index contributed by atoms with van der Waals surface area (Å²) >= 11 is 12.8. The molecule has 0 bridgehead atoms. The van der Waals surface area contributed by atoms with Crippen LogP contribution in [-0.4, -0.2) is 42.1 Å². The Morgan fingerprint density at radius 2 is 2.00 bits per heavy atom. The minimum atomic E-state index is -4.54. The zero-order valence-corrected chi connectivity index (χ0v) is 22.4. The lowest BCUT2D eigenvalue weighted by atomic mass is 9.72. The van der Waals surface area contributed by atoms with Gasteiger partial charge in [-0.2, -0.15) is 22.7 Å². The SMILES string of the molecule is O=C(Cn1c2c(c(=O)n3nc(Br)nc13)C1(CCN(Br)CC1)[C@H]1C[C@@H]21)Nc1ccc(C(F)(F)F)cc1Cl. The van der Waals surface area contributed by atoms with Gasteiger partial charge in [0.15, 0.2) is 0 Å². The molecule has 2 aromatic heterocycles. The molecule has 190 valence electrons. The van der Waals surface area contributed by atoms with Crippen LogP contribution in [0.5, 0.6) is 0 Å². The summed E-state index contributed by atoms with van der Waals surface area (Å²) in [5, 5.41) is 6.61. The number of nitrogens with one attached hydrogen (secondary N) is 1. The van der Waals surface area contributed by atoms with Gasteiger partial charge in [-0.3, -0.25) is 9.59 Å². The maximum Gasteiger partial charge on any atom is 0.416 e. The molecule has 8 nitrogen and oxygen atoms in total. The molecule has 3 aromatic rings. The Kier molecular flexibility index (Phi) is 5.60. The Bertz CT molecular complexity index is 1480. The molecule has 1 spiro atoms. The van der Waals surface area contributed by atoms with Gasteiger partial charge in [-0.25, -0.2) is 3.93 Å². The summed E-state index contributed by atoms with van der Waals surface area (Å²) in [5.41, 5.74) is 0.192. The average Bonchev–Trinajstić information content (AvgIpc) is 3.43. The molecule has 1 amide bonds. The van der Waals surface area contributed by atoms with Gasteiger partial charge >= 0.3 is 6.18 Å². The first kappa shape index (κ1) is 24.4. The molecule has 1 aliphatic heterocycles. The van der Waals surface area contributed by atoms with E-state index in [1.807, 2.05) is 0 Å². The fourth-order valence-electron chi connectivity index (χ4n) is 5.98. The number of piperidine rings is 1. The number of halogens is 6. The third kappa shape index (κ3) is 3.72. The highest BCUT2D eigenvalue weighted by Crippen LogP contribution is 2.67. The molecule has 2 aliphatic carbocycles. The van der Waals surface area contributed by atoms with E-state index in [0.29, 0.717) is 11.5 Å². The highest BCUT2D eigenvalue weighted by Gasteiger charge is 2.64. The van der Waals surface area contributed by atoms with Crippen LogP contribution in [0.4, 0.5) is 18.9 Å². The molecule has 0 unspecified atom stereocenters. The number of nitrogens with zero attached hydrogens (tertiary/aromatic N) is 5. The maximum absolute atomic E-state index is 13.6. The van der Waals surface area contributed by atoms with Gasteiger partial charge in [0, 0.05) is 51.8 Å². The number of anilines is 1. The van der Waals surface area contributed by atoms with Gasteiger partial charge in [0.25, 0.3) is 5.56 Å². The minimum absolute atomic E-state index is 0.0662. The van der Waals surface area contributed by atoms with Crippen molar-refractivity contribution in [3.8, 4) is 0 Å². The fourth-order valence-corrected chi connectivity index (χ4v) is 6.88. The summed E-state index contributed by atoms with van der Waals surface area (Å²) in [6.45, 7) is 1.40. The maximum atomic E-state index is 13.6. The lowest BCUT2D eigenvalue weighted by Crippen LogP contribution is -2.44. The minimum Gasteiger partial charge on any atom is -0.323 e. The summed E-state index contributed by atoms with van der Waals surface area (Å²) in [5.74, 6) is 0.213. The molecule has 1 saturated heterocycles. The van der Waals surface area contributed by atoms with E-state index in [-0.39, 0.29) is 44.7 Å². The molecular formula is C22H18Br2ClF3N6O2. The Labute approximate surface area is 224 Å². The number of carbonyl (C=O) groups excluding carboxylic acids is 1. The monoisotopic (exact) mass is 648 g/mol. The number of hydrogen-bond donors (Lipinski definition) is 1. The summed E-state index contributed by atoms with van der Waals surface area (Å²) in [6.07, 6.45) is -1.98. The number of aromatic nitrogens is 4. The number of hydrogen-bond acceptors (Lipinski definition) is 5. The Morgan fingerprint density at radius 1 is 1.28 bits per heavy atom. The highest BCUT2D eigenvalue weighted by molar-refractivity contribution is 9.10. The predicted molar refractivity (Wildman–Crippen MR) is 132 cm³/mol. The third-order valence-electron chi connectivity index (χ3n) is 7.58. The van der Waals surface area contributed by atoms with E-state index in [4.69, 9.17) is 11.6 Å². The number of fused-ring (bicyclic) bond motifs is 6. The molecule has 3 aliphatic rings. The Morgan fingerprint density at radius 3 is 2.67 bits per heavy atom. The van der Waals surface area contributed by atoms with Crippen LogP contribution in [0.2, 0.25) is 5.02 Å². The first-order chi connectivity index (χ1) is 17.0. The Hall–Kier alpha value is -1.96. The Balaban J connectivity index is 1.39. The third-order valence-corrected chi connectivity index (χ3v) is 8.94. The zero-order chi connectivity index (χ0) is 25.6. The first-order valence-electron chi connectivity index (χ1n) is 11.3. The van der Waals surface area contributed by atoms with Crippen LogP contribution in [0, 0.1) is 5.92 Å². The number of benzene rings is 1. The van der Waals surface area contributed by atoms with E-state index in [1.54, 1.807) is 4.57 Å². The number of alkyl halides is 3. The van der Waals surface area contributed by atoms with Gasteiger partial charge < -0.3 is 9.88 Å². The van der Waals surface area contributed by atoms with Crippen molar-refractivity contribution in [2.45, 2.75) is 43.3 Å². The van der Waals surface area contributed by atoms with Gasteiger partial charge in [-0.1, -0.05) is 11.6 Å². The molecule has 2 fully saturated rings. The molecule has 6 rings (SSSR count). The van der Waals surface area contributed by atoms with E-state index < -0.39 is 17.6 Å². The summed E-state index contributed by atoms with van der Waals surface area (Å²) < 4.78 is 44.2. The molecule has 1 N–H and O–H groups in total. The second kappa shape index (κ2) is 8.27. The van der Waals surface area contributed by atoms with Crippen molar-refractivity contribution in [1.82, 2.24) is 23.1 Å². The normalized spacial score (nSPS) is 22.6. The summed E-state index contributed by atoms with van der Waals surface area (Å²) in [6, 6.07) is 2.76. The molecule has 1 saturated carbocycles. The van der Waals surface area contributed by atoms with E-state index >= 15 is 0 Å². The molecular weight excluding hydrogens is 633 g/mol. The quantitative estimate of drug-likeness (QED) is 0.415. The topological polar surface area (TPSA) is 84.5 Å². The predicted octanol–water partition coefficient (Wildman–Crippen LogP) is 4.73. The summed E-state index contributed by atoms with van der Waals surface area (Å²) in [7, 11) is 0. The molecule has 2 atom stereocenters. The van der Waals surface area contributed by atoms with Crippen molar-refractivity contribution in [2.24, 2.45) is 5.92 Å². The average molecular weight is 651 g/mol. The van der Waals surface area contributed by atoms with E-state index in [1.165, 1.54) is 4.52 Å². The lowest BCUT2D eigenvalue weighted by Gasteiger charge is -2.38. The second-order valence-corrected chi connectivity index (χ2v) is 11.6. The van der Waals surface area contributed by atoms with Crippen molar-refractivity contribution in [3.05, 3.63) is 55.1 Å². The van der Waals surface area contributed by atoms with Crippen LogP contribution in [0.25, 0.3) is 5.78 Å². The van der Waals surface area contributed by atoms with Gasteiger partial charge in [0.1, 0.15) is 6.54 Å². The van der Waals surface area contributed by atoms with Crippen LogP contribution in [-0.2, 0) is 22.9 Å². The van der Waals surface area contributed by atoms with Crippen molar-refractivity contribution in [2.75, 3.05) is 18.4 Å². The van der Waals surface area contributed by atoms with E-state index in [2.05, 4.69) is 51.4 Å². The van der Waals surface area contributed by atoms with Gasteiger partial charge in [0.05, 0.1) is 16.3 Å². The molecule has 3 heterocycles. The van der Waals surface area contributed by atoms with Crippen LogP contribution >= 0.6 is 43.7 Å². The smallest absolute Gasteiger partial charge is 0.323 e. The number of rotatable bonds is 3. The van der Waals surface area contributed by atoms with E-state index in [9.17, 15) is 22.8 Å². The number of carbonyl (C=O) groups is 1. The highest BCUT2D eigenvalue weighted by atomic mass is 79.9. The van der Waals surface area contributed by atoms with Crippen LogP contribution in [0.15, 0.2) is 27.7 Å². The summed E-state index contributed by atoms with van der Waals surface area (Å²) in [4.78, 5) is 31.1. The second-order valence-electron chi connectivity index (χ2n) is 9.50. The van der Waals surface area contributed by atoms with Crippen molar-refractivity contribution < 1.29 is 18.0 Å². The van der Waals surface area contributed by atoms with Crippen LogP contribution in [0.3, 0.4) is 0 Å². The van der Waals surface area contributed by atoms with Gasteiger partial charge in [-0.05, 0) is 59.3 Å². The van der Waals surface area contributed by atoms with Crippen LogP contribution < -0.4 is 10.9 Å².